The SMILES string of the molecule is CCCCCCCCCCCCNCCCCC.O=P([O-])([O-])[O-].[Na+].[Na+].[Na+]. The Morgan fingerprint density at radius 2 is 0.808 bits per heavy atom. The largest absolute Gasteiger partial charge is 1.00 e. The maximum Gasteiger partial charge on any atom is 1.00 e. The standard InChI is InChI=1S/C17H37N.3Na.H3O4P/c1-3-5-7-8-9-10-11-12-13-15-17-18-16-14-6-4-2;;;;1-5(2,3)4/h18H,3-17H2,1-2H3;;;;(H3,1,2,3,4)/q;3*+1;/p-3. The van der Waals surface area contributed by atoms with Crippen LogP contribution in [0.1, 0.15) is 97.3 Å². The van der Waals surface area contributed by atoms with E-state index >= 15 is 0 Å². The molecule has 0 fully saturated rings. The Balaban J connectivity index is -0.000000162. The van der Waals surface area contributed by atoms with Crippen molar-refractivity contribution in [1.29, 1.82) is 0 Å². The van der Waals surface area contributed by atoms with Crippen molar-refractivity contribution in [2.24, 2.45) is 0 Å². The van der Waals surface area contributed by atoms with Gasteiger partial charge in [-0.2, -0.15) is 7.82 Å². The van der Waals surface area contributed by atoms with Gasteiger partial charge in [0.1, 0.15) is 0 Å². The second-order valence-corrected chi connectivity index (χ2v) is 6.98. The van der Waals surface area contributed by atoms with Gasteiger partial charge >= 0.3 is 88.7 Å². The fourth-order valence-corrected chi connectivity index (χ4v) is 2.36. The zero-order valence-electron chi connectivity index (χ0n) is 18.2. The predicted molar refractivity (Wildman–Crippen MR) is 91.8 cm³/mol. The quantitative estimate of drug-likeness (QED) is 0.162. The Labute approximate surface area is 228 Å². The molecule has 0 aliphatic heterocycles. The third kappa shape index (κ3) is 56.3. The van der Waals surface area contributed by atoms with E-state index in [-0.39, 0.29) is 88.7 Å². The molecule has 0 aromatic carbocycles. The van der Waals surface area contributed by atoms with E-state index in [1.54, 1.807) is 0 Å². The summed E-state index contributed by atoms with van der Waals surface area (Å²) in [6.07, 6.45) is 18.4. The number of hydrogen-bond acceptors (Lipinski definition) is 5. The van der Waals surface area contributed by atoms with E-state index in [0.717, 1.165) is 0 Å². The van der Waals surface area contributed by atoms with Crippen molar-refractivity contribution >= 4 is 7.82 Å². The van der Waals surface area contributed by atoms with Crippen molar-refractivity contribution in [1.82, 2.24) is 5.32 Å². The molecule has 0 spiro atoms. The van der Waals surface area contributed by atoms with Crippen LogP contribution in [0.15, 0.2) is 0 Å². The molecule has 0 saturated carbocycles. The van der Waals surface area contributed by atoms with Crippen LogP contribution in [-0.2, 0) is 4.57 Å². The van der Waals surface area contributed by atoms with Gasteiger partial charge in [0.2, 0.25) is 0 Å². The minimum atomic E-state index is -5.39. The van der Waals surface area contributed by atoms with Gasteiger partial charge in [0.25, 0.3) is 0 Å². The van der Waals surface area contributed by atoms with Crippen molar-refractivity contribution in [2.45, 2.75) is 97.3 Å². The molecule has 1 N–H and O–H groups in total. The Morgan fingerprint density at radius 3 is 1.15 bits per heavy atom. The van der Waals surface area contributed by atoms with Gasteiger partial charge in [-0.3, -0.25) is 0 Å². The van der Waals surface area contributed by atoms with Crippen molar-refractivity contribution in [3.63, 3.8) is 0 Å². The summed E-state index contributed by atoms with van der Waals surface area (Å²) in [5.41, 5.74) is 0. The first kappa shape index (κ1) is 39.5. The molecule has 0 aliphatic rings. The number of rotatable bonds is 15. The number of unbranched alkanes of at least 4 members (excludes halogenated alkanes) is 11. The van der Waals surface area contributed by atoms with Crippen LogP contribution in [0.25, 0.3) is 0 Å². The number of hydrogen-bond donors (Lipinski definition) is 1. The summed E-state index contributed by atoms with van der Waals surface area (Å²) < 4.78 is 8.55. The minimum absolute atomic E-state index is 0. The van der Waals surface area contributed by atoms with Gasteiger partial charge in [-0.15, -0.1) is 0 Å². The van der Waals surface area contributed by atoms with Gasteiger partial charge in [0.15, 0.2) is 0 Å². The van der Waals surface area contributed by atoms with E-state index in [0.29, 0.717) is 0 Å². The van der Waals surface area contributed by atoms with Crippen LogP contribution in [0.2, 0.25) is 0 Å². The average Bonchev–Trinajstić information content (AvgIpc) is 2.46. The second kappa shape index (κ2) is 32.7. The Hall–Kier alpha value is 3.07. The molecule has 142 valence electrons. The molecule has 5 nitrogen and oxygen atoms in total. The van der Waals surface area contributed by atoms with Crippen LogP contribution in [0, 0.1) is 0 Å². The zero-order valence-corrected chi connectivity index (χ0v) is 25.1. The molecule has 26 heavy (non-hydrogen) atoms. The monoisotopic (exact) mass is 419 g/mol. The third-order valence-corrected chi connectivity index (χ3v) is 3.66. The second-order valence-electron chi connectivity index (χ2n) is 6.09. The molecular weight excluding hydrogens is 382 g/mol. The van der Waals surface area contributed by atoms with Crippen molar-refractivity contribution in [3.8, 4) is 0 Å². The molecule has 0 unspecified atom stereocenters. The topological polar surface area (TPSA) is 98.3 Å². The first-order valence-electron chi connectivity index (χ1n) is 9.35. The van der Waals surface area contributed by atoms with E-state index in [1.807, 2.05) is 0 Å². The molecule has 0 aliphatic carbocycles. The van der Waals surface area contributed by atoms with Crippen LogP contribution in [0.5, 0.6) is 0 Å². The van der Waals surface area contributed by atoms with Gasteiger partial charge in [-0.25, -0.2) is 0 Å². The van der Waals surface area contributed by atoms with Crippen LogP contribution in [-0.4, -0.2) is 13.1 Å². The number of phosphoric acid groups is 1. The van der Waals surface area contributed by atoms with Crippen molar-refractivity contribution in [2.75, 3.05) is 13.1 Å². The smallest absolute Gasteiger partial charge is 0.822 e. The van der Waals surface area contributed by atoms with Crippen molar-refractivity contribution < 1.29 is 108 Å². The first-order chi connectivity index (χ1) is 10.9. The normalized spacial score (nSPS) is 9.88. The maximum atomic E-state index is 8.55. The number of nitrogens with one attached hydrogen (secondary N) is 1. The minimum Gasteiger partial charge on any atom is -0.822 e. The summed E-state index contributed by atoms with van der Waals surface area (Å²) in [5, 5.41) is 3.55. The fourth-order valence-electron chi connectivity index (χ4n) is 2.36. The molecular formula is C17H37NNa3O4P. The van der Waals surface area contributed by atoms with Gasteiger partial charge in [0.05, 0.1) is 0 Å². The van der Waals surface area contributed by atoms with E-state index in [1.165, 1.54) is 96.6 Å². The zero-order chi connectivity index (χ0) is 17.8. The first-order valence-corrected chi connectivity index (χ1v) is 10.8. The van der Waals surface area contributed by atoms with E-state index in [9.17, 15) is 0 Å². The summed E-state index contributed by atoms with van der Waals surface area (Å²) in [7, 11) is -5.39. The van der Waals surface area contributed by atoms with E-state index < -0.39 is 7.82 Å². The van der Waals surface area contributed by atoms with Gasteiger partial charge in [0, 0.05) is 0 Å². The van der Waals surface area contributed by atoms with E-state index in [4.69, 9.17) is 19.2 Å². The fraction of sp³-hybridized carbons (Fsp3) is 1.00. The van der Waals surface area contributed by atoms with Crippen LogP contribution < -0.4 is 109 Å². The van der Waals surface area contributed by atoms with Gasteiger partial charge in [-0.05, 0) is 25.9 Å². The predicted octanol–water partition coefficient (Wildman–Crippen LogP) is -6.13. The molecule has 0 radical (unpaired) electrons. The third-order valence-electron chi connectivity index (χ3n) is 3.66. The summed E-state index contributed by atoms with van der Waals surface area (Å²) >= 11 is 0. The molecule has 0 aromatic heterocycles. The molecule has 0 saturated heterocycles. The summed E-state index contributed by atoms with van der Waals surface area (Å²) in [6, 6.07) is 0. The molecule has 0 aromatic rings. The molecule has 0 bridgehead atoms. The Kier molecular flexibility index (Phi) is 49.8. The van der Waals surface area contributed by atoms with E-state index in [2.05, 4.69) is 19.2 Å². The van der Waals surface area contributed by atoms with Crippen LogP contribution >= 0.6 is 7.82 Å². The van der Waals surface area contributed by atoms with Crippen LogP contribution in [0.4, 0.5) is 0 Å². The maximum absolute atomic E-state index is 8.55. The molecule has 0 heterocycles. The average molecular weight is 419 g/mol. The Bertz CT molecular complexity index is 248. The molecule has 0 atom stereocenters. The van der Waals surface area contributed by atoms with Gasteiger partial charge < -0.3 is 24.6 Å². The van der Waals surface area contributed by atoms with Crippen molar-refractivity contribution in [3.05, 3.63) is 0 Å². The summed E-state index contributed by atoms with van der Waals surface area (Å²) in [6.45, 7) is 7.02. The molecule has 0 rings (SSSR count). The van der Waals surface area contributed by atoms with Crippen LogP contribution in [0.3, 0.4) is 0 Å². The molecule has 9 heteroatoms. The Morgan fingerprint density at radius 1 is 0.577 bits per heavy atom. The summed E-state index contributed by atoms with van der Waals surface area (Å²) in [5.74, 6) is 0. The van der Waals surface area contributed by atoms with Gasteiger partial charge in [-0.1, -0.05) is 84.5 Å². The molecule has 0 amide bonds. The summed E-state index contributed by atoms with van der Waals surface area (Å²) in [4.78, 5) is 25.6.